The summed E-state index contributed by atoms with van der Waals surface area (Å²) in [6, 6.07) is 7.14. The second-order valence-electron chi connectivity index (χ2n) is 2.62. The lowest BCUT2D eigenvalue weighted by Gasteiger charge is -2.04. The number of nitrogens with two attached hydrogens (primary N) is 1. The Morgan fingerprint density at radius 3 is 2.75 bits per heavy atom. The van der Waals surface area contributed by atoms with E-state index in [9.17, 15) is 0 Å². The predicted octanol–water partition coefficient (Wildman–Crippen LogP) is 2.28. The molecule has 1 rings (SSSR count). The zero-order chi connectivity index (χ0) is 9.14. The minimum Gasteiger partial charge on any atom is -0.312 e. The van der Waals surface area contributed by atoms with Crippen molar-refractivity contribution in [1.82, 2.24) is 0 Å². The number of hydrogen-bond donors (Lipinski definition) is 1. The Balaban J connectivity index is 3.06. The molecule has 0 aliphatic carbocycles. The van der Waals surface area contributed by atoms with Crippen LogP contribution in [0.3, 0.4) is 0 Å². The van der Waals surface area contributed by atoms with Gasteiger partial charge in [0.05, 0.1) is 6.07 Å². The summed E-state index contributed by atoms with van der Waals surface area (Å²) in [5.74, 6) is 0. The smallest absolute Gasteiger partial charge is 0.118 e. The highest BCUT2D eigenvalue weighted by Gasteiger charge is 2.04. The third-order valence-corrected chi connectivity index (χ3v) is 2.57. The number of halogens is 1. The Morgan fingerprint density at radius 2 is 2.25 bits per heavy atom. The van der Waals surface area contributed by atoms with Crippen LogP contribution < -0.4 is 5.73 Å². The largest absolute Gasteiger partial charge is 0.312 e. The van der Waals surface area contributed by atoms with E-state index in [2.05, 4.69) is 15.9 Å². The van der Waals surface area contributed by atoms with Crippen LogP contribution in [-0.4, -0.2) is 0 Å². The monoisotopic (exact) mass is 224 g/mol. The van der Waals surface area contributed by atoms with Crippen LogP contribution in [0, 0.1) is 18.3 Å². The molecule has 1 unspecified atom stereocenters. The molecule has 0 aliphatic rings. The van der Waals surface area contributed by atoms with Gasteiger partial charge in [0.1, 0.15) is 6.04 Å². The van der Waals surface area contributed by atoms with Gasteiger partial charge in [-0.15, -0.1) is 0 Å². The van der Waals surface area contributed by atoms with Crippen LogP contribution in [0.25, 0.3) is 0 Å². The van der Waals surface area contributed by atoms with Crippen LogP contribution in [0.4, 0.5) is 0 Å². The van der Waals surface area contributed by atoms with Crippen LogP contribution in [0.1, 0.15) is 17.2 Å². The lowest BCUT2D eigenvalue weighted by Crippen LogP contribution is -2.07. The minimum atomic E-state index is -0.517. The lowest BCUT2D eigenvalue weighted by atomic mass is 10.1. The Hall–Kier alpha value is -0.850. The zero-order valence-electron chi connectivity index (χ0n) is 6.71. The molecule has 1 aromatic carbocycles. The Labute approximate surface area is 80.1 Å². The van der Waals surface area contributed by atoms with Gasteiger partial charge in [-0.1, -0.05) is 28.1 Å². The molecule has 0 heterocycles. The first-order valence-corrected chi connectivity index (χ1v) is 4.35. The highest BCUT2D eigenvalue weighted by molar-refractivity contribution is 9.10. The van der Waals surface area contributed by atoms with Crippen molar-refractivity contribution in [2.24, 2.45) is 5.73 Å². The summed E-state index contributed by atoms with van der Waals surface area (Å²) in [4.78, 5) is 0. The Morgan fingerprint density at radius 1 is 1.58 bits per heavy atom. The van der Waals surface area contributed by atoms with Crippen molar-refractivity contribution in [3.8, 4) is 6.07 Å². The third kappa shape index (κ3) is 1.84. The standard InChI is InChI=1S/C9H9BrN2/c1-6-4-7(9(12)5-11)2-3-8(6)10/h2-4,9H,12H2,1H3. The van der Waals surface area contributed by atoms with Crippen molar-refractivity contribution in [2.75, 3.05) is 0 Å². The van der Waals surface area contributed by atoms with Crippen molar-refractivity contribution in [3.05, 3.63) is 33.8 Å². The number of nitriles is 1. The first-order chi connectivity index (χ1) is 5.65. The summed E-state index contributed by atoms with van der Waals surface area (Å²) in [5.41, 5.74) is 7.49. The zero-order valence-corrected chi connectivity index (χ0v) is 8.30. The van der Waals surface area contributed by atoms with E-state index in [0.29, 0.717) is 0 Å². The number of aryl methyl sites for hydroxylation is 1. The van der Waals surface area contributed by atoms with Gasteiger partial charge in [0, 0.05) is 4.47 Å². The summed E-state index contributed by atoms with van der Waals surface area (Å²) >= 11 is 3.38. The quantitative estimate of drug-likeness (QED) is 0.796. The van der Waals surface area contributed by atoms with Gasteiger partial charge in [0.15, 0.2) is 0 Å². The molecule has 3 heteroatoms. The van der Waals surface area contributed by atoms with E-state index in [1.54, 1.807) is 0 Å². The molecule has 2 nitrogen and oxygen atoms in total. The van der Waals surface area contributed by atoms with Crippen LogP contribution >= 0.6 is 15.9 Å². The summed E-state index contributed by atoms with van der Waals surface area (Å²) in [5, 5.41) is 8.56. The van der Waals surface area contributed by atoms with E-state index in [1.807, 2.05) is 31.2 Å². The molecule has 62 valence electrons. The second-order valence-corrected chi connectivity index (χ2v) is 3.47. The van der Waals surface area contributed by atoms with Gasteiger partial charge in [0.2, 0.25) is 0 Å². The molecular weight excluding hydrogens is 216 g/mol. The fourth-order valence-corrected chi connectivity index (χ4v) is 1.18. The maximum Gasteiger partial charge on any atom is 0.118 e. The van der Waals surface area contributed by atoms with Crippen molar-refractivity contribution >= 4 is 15.9 Å². The van der Waals surface area contributed by atoms with Gasteiger partial charge >= 0.3 is 0 Å². The molecule has 1 aromatic rings. The molecule has 0 saturated carbocycles. The highest BCUT2D eigenvalue weighted by Crippen LogP contribution is 2.19. The van der Waals surface area contributed by atoms with Crippen LogP contribution in [0.2, 0.25) is 0 Å². The molecular formula is C9H9BrN2. The molecule has 0 radical (unpaired) electrons. The van der Waals surface area contributed by atoms with Gasteiger partial charge in [-0.2, -0.15) is 5.26 Å². The normalized spacial score (nSPS) is 12.2. The first kappa shape index (κ1) is 9.24. The highest BCUT2D eigenvalue weighted by atomic mass is 79.9. The van der Waals surface area contributed by atoms with E-state index in [4.69, 9.17) is 11.0 Å². The summed E-state index contributed by atoms with van der Waals surface area (Å²) < 4.78 is 1.04. The van der Waals surface area contributed by atoms with E-state index in [1.165, 1.54) is 0 Å². The number of nitrogens with zero attached hydrogens (tertiary/aromatic N) is 1. The van der Waals surface area contributed by atoms with E-state index in [0.717, 1.165) is 15.6 Å². The second kappa shape index (κ2) is 3.70. The molecule has 0 saturated heterocycles. The molecule has 0 amide bonds. The maximum absolute atomic E-state index is 8.56. The maximum atomic E-state index is 8.56. The average Bonchev–Trinajstić information content (AvgIpc) is 2.08. The van der Waals surface area contributed by atoms with Crippen molar-refractivity contribution < 1.29 is 0 Å². The number of hydrogen-bond acceptors (Lipinski definition) is 2. The van der Waals surface area contributed by atoms with Crippen molar-refractivity contribution in [2.45, 2.75) is 13.0 Å². The minimum absolute atomic E-state index is 0.517. The molecule has 0 spiro atoms. The summed E-state index contributed by atoms with van der Waals surface area (Å²) in [7, 11) is 0. The molecule has 0 aromatic heterocycles. The molecule has 0 aliphatic heterocycles. The van der Waals surface area contributed by atoms with Crippen LogP contribution in [0.5, 0.6) is 0 Å². The van der Waals surface area contributed by atoms with E-state index in [-0.39, 0.29) is 0 Å². The summed E-state index contributed by atoms with van der Waals surface area (Å²) in [6.07, 6.45) is 0. The average molecular weight is 225 g/mol. The van der Waals surface area contributed by atoms with Crippen molar-refractivity contribution in [1.29, 1.82) is 5.26 Å². The predicted molar refractivity (Wildman–Crippen MR) is 51.4 cm³/mol. The third-order valence-electron chi connectivity index (χ3n) is 1.68. The first-order valence-electron chi connectivity index (χ1n) is 3.56. The van der Waals surface area contributed by atoms with Crippen LogP contribution in [-0.2, 0) is 0 Å². The SMILES string of the molecule is Cc1cc(C(N)C#N)ccc1Br. The van der Waals surface area contributed by atoms with Gasteiger partial charge < -0.3 is 5.73 Å². The molecule has 0 bridgehead atoms. The Kier molecular flexibility index (Phi) is 2.85. The van der Waals surface area contributed by atoms with Gasteiger partial charge in [-0.05, 0) is 24.1 Å². The molecule has 0 fully saturated rings. The lowest BCUT2D eigenvalue weighted by molar-refractivity contribution is 0.923. The molecule has 1 atom stereocenters. The topological polar surface area (TPSA) is 49.8 Å². The van der Waals surface area contributed by atoms with Gasteiger partial charge in [0.25, 0.3) is 0 Å². The fraction of sp³-hybridized carbons (Fsp3) is 0.222. The van der Waals surface area contributed by atoms with Crippen molar-refractivity contribution in [3.63, 3.8) is 0 Å². The summed E-state index contributed by atoms with van der Waals surface area (Å²) in [6.45, 7) is 1.97. The van der Waals surface area contributed by atoms with E-state index >= 15 is 0 Å². The van der Waals surface area contributed by atoms with E-state index < -0.39 is 6.04 Å². The van der Waals surface area contributed by atoms with Gasteiger partial charge in [-0.3, -0.25) is 0 Å². The van der Waals surface area contributed by atoms with Crippen LogP contribution in [0.15, 0.2) is 22.7 Å². The molecule has 2 N–H and O–H groups in total. The molecule has 12 heavy (non-hydrogen) atoms. The number of rotatable bonds is 1. The Bertz CT molecular complexity index is 328. The fourth-order valence-electron chi connectivity index (χ4n) is 0.936. The van der Waals surface area contributed by atoms with Gasteiger partial charge in [-0.25, -0.2) is 0 Å². The number of benzene rings is 1.